The molecule has 0 aromatic heterocycles. The summed E-state index contributed by atoms with van der Waals surface area (Å²) in [5, 5.41) is 0. The van der Waals surface area contributed by atoms with Crippen LogP contribution in [0.4, 0.5) is 0 Å². The Labute approximate surface area is 109 Å². The SMILES string of the molecule is CC(C)(C)CC(C)(C)CC(C)(C)OC(C)(C)C. The van der Waals surface area contributed by atoms with Crippen LogP contribution in [0.3, 0.4) is 0 Å². The lowest BCUT2D eigenvalue weighted by Crippen LogP contribution is -2.39. The van der Waals surface area contributed by atoms with Crippen LogP contribution in [0.15, 0.2) is 0 Å². The predicted octanol–water partition coefficient (Wildman–Crippen LogP) is 5.43. The highest BCUT2D eigenvalue weighted by Crippen LogP contribution is 2.40. The van der Waals surface area contributed by atoms with Crippen molar-refractivity contribution in [3.8, 4) is 0 Å². The van der Waals surface area contributed by atoms with Crippen LogP contribution in [0.5, 0.6) is 0 Å². The summed E-state index contributed by atoms with van der Waals surface area (Å²) in [5.74, 6) is 0. The van der Waals surface area contributed by atoms with Gasteiger partial charge in [-0.1, -0.05) is 34.6 Å². The van der Waals surface area contributed by atoms with Crippen LogP contribution < -0.4 is 0 Å². The Hall–Kier alpha value is -0.0400. The Kier molecular flexibility index (Phi) is 4.90. The van der Waals surface area contributed by atoms with Gasteiger partial charge in [0.1, 0.15) is 0 Å². The van der Waals surface area contributed by atoms with Gasteiger partial charge in [-0.05, 0) is 58.3 Å². The summed E-state index contributed by atoms with van der Waals surface area (Å²) in [6.07, 6.45) is 2.31. The van der Waals surface area contributed by atoms with Crippen LogP contribution in [0.1, 0.15) is 82.1 Å². The lowest BCUT2D eigenvalue weighted by atomic mass is 9.71. The van der Waals surface area contributed by atoms with Gasteiger partial charge in [0.25, 0.3) is 0 Å². The summed E-state index contributed by atoms with van der Waals surface area (Å²) >= 11 is 0. The summed E-state index contributed by atoms with van der Waals surface area (Å²) in [6.45, 7) is 22.5. The maximum atomic E-state index is 6.18. The fourth-order valence-electron chi connectivity index (χ4n) is 3.52. The molecular weight excluding hydrogens is 208 g/mol. The molecule has 0 radical (unpaired) electrons. The highest BCUT2D eigenvalue weighted by atomic mass is 16.5. The second-order valence-electron chi connectivity index (χ2n) is 9.05. The molecule has 0 unspecified atom stereocenters. The minimum absolute atomic E-state index is 0.0625. The molecule has 104 valence electrons. The number of ether oxygens (including phenoxy) is 1. The lowest BCUT2D eigenvalue weighted by molar-refractivity contribution is -0.131. The van der Waals surface area contributed by atoms with E-state index in [2.05, 4.69) is 69.2 Å². The van der Waals surface area contributed by atoms with Crippen molar-refractivity contribution < 1.29 is 4.74 Å². The molecule has 1 heteroatoms. The zero-order valence-electron chi connectivity index (χ0n) is 13.8. The Morgan fingerprint density at radius 3 is 1.35 bits per heavy atom. The molecule has 0 rings (SSSR count). The predicted molar refractivity (Wildman–Crippen MR) is 77.4 cm³/mol. The summed E-state index contributed by atoms with van der Waals surface area (Å²) in [7, 11) is 0. The molecule has 0 aliphatic heterocycles. The molecule has 0 aliphatic rings. The first-order chi connectivity index (χ1) is 7.12. The zero-order chi connectivity index (χ0) is 14.1. The average Bonchev–Trinajstić information content (AvgIpc) is 1.65. The summed E-state index contributed by atoms with van der Waals surface area (Å²) in [5.41, 5.74) is 0.558. The van der Waals surface area contributed by atoms with E-state index < -0.39 is 0 Å². The largest absolute Gasteiger partial charge is 0.370 e. The number of rotatable bonds is 4. The van der Waals surface area contributed by atoms with Gasteiger partial charge in [0, 0.05) is 0 Å². The highest BCUT2D eigenvalue weighted by molar-refractivity contribution is 4.85. The molecule has 1 nitrogen and oxygen atoms in total. The second-order valence-corrected chi connectivity index (χ2v) is 9.05. The van der Waals surface area contributed by atoms with Crippen LogP contribution in [-0.2, 0) is 4.74 Å². The van der Waals surface area contributed by atoms with Crippen molar-refractivity contribution in [2.24, 2.45) is 10.8 Å². The van der Waals surface area contributed by atoms with E-state index in [1.54, 1.807) is 0 Å². The minimum Gasteiger partial charge on any atom is -0.370 e. The second kappa shape index (κ2) is 4.91. The van der Waals surface area contributed by atoms with Crippen LogP contribution >= 0.6 is 0 Å². The molecule has 0 amide bonds. The summed E-state index contributed by atoms with van der Waals surface area (Å²) < 4.78 is 6.18. The van der Waals surface area contributed by atoms with Crippen LogP contribution in [0, 0.1) is 10.8 Å². The van der Waals surface area contributed by atoms with E-state index in [-0.39, 0.29) is 11.2 Å². The van der Waals surface area contributed by atoms with Gasteiger partial charge in [0.2, 0.25) is 0 Å². The summed E-state index contributed by atoms with van der Waals surface area (Å²) in [6, 6.07) is 0. The van der Waals surface area contributed by atoms with Gasteiger partial charge in [0.05, 0.1) is 11.2 Å². The molecule has 0 bridgehead atoms. The van der Waals surface area contributed by atoms with Crippen molar-refractivity contribution in [3.63, 3.8) is 0 Å². The molecular formula is C16H34O. The maximum absolute atomic E-state index is 6.18. The van der Waals surface area contributed by atoms with Crippen LogP contribution in [0.25, 0.3) is 0 Å². The van der Waals surface area contributed by atoms with Gasteiger partial charge < -0.3 is 4.74 Å². The van der Waals surface area contributed by atoms with Crippen LogP contribution in [-0.4, -0.2) is 11.2 Å². The van der Waals surface area contributed by atoms with Gasteiger partial charge in [-0.2, -0.15) is 0 Å². The van der Waals surface area contributed by atoms with Crippen molar-refractivity contribution in [1.82, 2.24) is 0 Å². The zero-order valence-corrected chi connectivity index (χ0v) is 13.8. The molecule has 0 aliphatic carbocycles. The molecule has 0 fully saturated rings. The smallest absolute Gasteiger partial charge is 0.0638 e. The first kappa shape index (κ1) is 17.0. The average molecular weight is 242 g/mol. The Balaban J connectivity index is 4.59. The minimum atomic E-state index is -0.0681. The van der Waals surface area contributed by atoms with Crippen molar-refractivity contribution in [1.29, 1.82) is 0 Å². The molecule has 0 aromatic carbocycles. The summed E-state index contributed by atoms with van der Waals surface area (Å²) in [4.78, 5) is 0. The van der Waals surface area contributed by atoms with Crippen molar-refractivity contribution >= 4 is 0 Å². The molecule has 0 N–H and O–H groups in total. The van der Waals surface area contributed by atoms with E-state index in [0.29, 0.717) is 10.8 Å². The first-order valence-corrected chi connectivity index (χ1v) is 6.82. The molecule has 0 saturated heterocycles. The van der Waals surface area contributed by atoms with Crippen molar-refractivity contribution in [2.75, 3.05) is 0 Å². The monoisotopic (exact) mass is 242 g/mol. The van der Waals surface area contributed by atoms with E-state index >= 15 is 0 Å². The third-order valence-electron chi connectivity index (χ3n) is 2.50. The van der Waals surface area contributed by atoms with Gasteiger partial charge >= 0.3 is 0 Å². The van der Waals surface area contributed by atoms with Gasteiger partial charge in [-0.3, -0.25) is 0 Å². The van der Waals surface area contributed by atoms with E-state index in [1.807, 2.05) is 0 Å². The van der Waals surface area contributed by atoms with Crippen LogP contribution in [0.2, 0.25) is 0 Å². The molecule has 0 atom stereocenters. The normalized spacial score (nSPS) is 15.2. The third kappa shape index (κ3) is 9.64. The molecule has 0 aromatic rings. The number of hydrogen-bond donors (Lipinski definition) is 0. The molecule has 0 heterocycles. The standard InChI is InChI=1S/C16H34O/c1-13(2,3)11-15(7,8)12-16(9,10)17-14(4,5)6/h11-12H2,1-10H3. The quantitative estimate of drug-likeness (QED) is 0.638. The topological polar surface area (TPSA) is 9.23 Å². The molecule has 0 spiro atoms. The Bertz CT molecular complexity index is 209. The maximum Gasteiger partial charge on any atom is 0.0638 e. The molecule has 0 saturated carbocycles. The van der Waals surface area contributed by atoms with Crippen molar-refractivity contribution in [3.05, 3.63) is 0 Å². The van der Waals surface area contributed by atoms with Gasteiger partial charge in [0.15, 0.2) is 0 Å². The van der Waals surface area contributed by atoms with E-state index in [0.717, 1.165) is 6.42 Å². The van der Waals surface area contributed by atoms with Gasteiger partial charge in [-0.15, -0.1) is 0 Å². The van der Waals surface area contributed by atoms with E-state index in [9.17, 15) is 0 Å². The highest BCUT2D eigenvalue weighted by Gasteiger charge is 2.34. The Morgan fingerprint density at radius 1 is 0.647 bits per heavy atom. The fourth-order valence-corrected chi connectivity index (χ4v) is 3.52. The first-order valence-electron chi connectivity index (χ1n) is 6.82. The Morgan fingerprint density at radius 2 is 1.06 bits per heavy atom. The fraction of sp³-hybridized carbons (Fsp3) is 1.00. The molecule has 17 heavy (non-hydrogen) atoms. The van der Waals surface area contributed by atoms with E-state index in [1.165, 1.54) is 6.42 Å². The van der Waals surface area contributed by atoms with Crippen molar-refractivity contribution in [2.45, 2.75) is 93.3 Å². The van der Waals surface area contributed by atoms with Gasteiger partial charge in [-0.25, -0.2) is 0 Å². The number of hydrogen-bond acceptors (Lipinski definition) is 1. The lowest BCUT2D eigenvalue weighted by Gasteiger charge is -2.41. The third-order valence-corrected chi connectivity index (χ3v) is 2.50. The van der Waals surface area contributed by atoms with E-state index in [4.69, 9.17) is 4.74 Å².